The van der Waals surface area contributed by atoms with Crippen LogP contribution in [0.4, 0.5) is 21.7 Å². The van der Waals surface area contributed by atoms with Crippen molar-refractivity contribution < 1.29 is 18.7 Å². The molecule has 1 aromatic carbocycles. The van der Waals surface area contributed by atoms with Crippen LogP contribution in [0.25, 0.3) is 21.9 Å². The van der Waals surface area contributed by atoms with Gasteiger partial charge in [0.1, 0.15) is 25.6 Å². The zero-order chi connectivity index (χ0) is 26.6. The summed E-state index contributed by atoms with van der Waals surface area (Å²) in [5, 5.41) is 8.88. The highest BCUT2D eigenvalue weighted by Crippen LogP contribution is 2.40. The number of halogens is 1. The van der Waals surface area contributed by atoms with Crippen molar-refractivity contribution in [2.24, 2.45) is 5.73 Å². The third kappa shape index (κ3) is 4.12. The molecule has 6 rings (SSSR count). The van der Waals surface area contributed by atoms with Crippen LogP contribution in [0.1, 0.15) is 11.3 Å². The summed E-state index contributed by atoms with van der Waals surface area (Å²) in [5.74, 6) is 1.29. The molecule has 2 aliphatic heterocycles. The number of nitrogens with zero attached hydrogens (tertiary/aromatic N) is 5. The van der Waals surface area contributed by atoms with Gasteiger partial charge >= 0.3 is 0 Å². The average molecular weight is 519 g/mol. The molecule has 4 aromatic rings. The van der Waals surface area contributed by atoms with Gasteiger partial charge in [0, 0.05) is 66.2 Å². The maximum absolute atomic E-state index is 15.5. The molecule has 12 heteroatoms. The van der Waals surface area contributed by atoms with Crippen molar-refractivity contribution in [3.8, 4) is 22.8 Å². The van der Waals surface area contributed by atoms with Crippen molar-refractivity contribution in [3.05, 3.63) is 47.7 Å². The second-order valence-corrected chi connectivity index (χ2v) is 9.62. The van der Waals surface area contributed by atoms with E-state index in [0.29, 0.717) is 58.1 Å². The molecule has 5 heterocycles. The number of nitrogens with one attached hydrogen (secondary N) is 1. The van der Waals surface area contributed by atoms with Gasteiger partial charge in [-0.1, -0.05) is 0 Å². The number of likely N-dealkylation sites (N-methyl/N-ethyl adjacent to an activating group) is 1. The summed E-state index contributed by atoms with van der Waals surface area (Å²) < 4.78 is 28.7. The Morgan fingerprint density at radius 3 is 2.76 bits per heavy atom. The highest BCUT2D eigenvalue weighted by atomic mass is 19.1. The van der Waals surface area contributed by atoms with Crippen molar-refractivity contribution >= 4 is 34.0 Å². The molecule has 196 valence electrons. The number of hydrogen-bond acceptors (Lipinski definition) is 9. The van der Waals surface area contributed by atoms with Crippen LogP contribution in [-0.2, 0) is 17.8 Å². The summed E-state index contributed by atoms with van der Waals surface area (Å²) in [4.78, 5) is 22.7. The smallest absolute Gasteiger partial charge is 0.257 e. The van der Waals surface area contributed by atoms with Crippen LogP contribution in [0.15, 0.2) is 30.6 Å². The zero-order valence-corrected chi connectivity index (χ0v) is 21.0. The highest BCUT2D eigenvalue weighted by Gasteiger charge is 2.24. The van der Waals surface area contributed by atoms with E-state index in [0.717, 1.165) is 5.69 Å². The summed E-state index contributed by atoms with van der Waals surface area (Å²) in [6.45, 7) is 3.19. The lowest BCUT2D eigenvalue weighted by Gasteiger charge is -2.15. The third-order valence-corrected chi connectivity index (χ3v) is 6.95. The van der Waals surface area contributed by atoms with Crippen molar-refractivity contribution in [1.29, 1.82) is 0 Å². The van der Waals surface area contributed by atoms with E-state index < -0.39 is 5.82 Å². The summed E-state index contributed by atoms with van der Waals surface area (Å²) in [6, 6.07) is 5.11. The maximum atomic E-state index is 15.5. The van der Waals surface area contributed by atoms with Crippen LogP contribution in [0.2, 0.25) is 0 Å². The number of benzene rings is 1. The van der Waals surface area contributed by atoms with E-state index >= 15 is 4.39 Å². The molecule has 2 aliphatic rings. The Bertz CT molecular complexity index is 1590. The second kappa shape index (κ2) is 9.14. The molecule has 0 unspecified atom stereocenters. The van der Waals surface area contributed by atoms with Gasteiger partial charge in [0.2, 0.25) is 5.91 Å². The predicted octanol–water partition coefficient (Wildman–Crippen LogP) is 2.38. The van der Waals surface area contributed by atoms with Crippen molar-refractivity contribution in [1.82, 2.24) is 24.6 Å². The zero-order valence-electron chi connectivity index (χ0n) is 21.0. The van der Waals surface area contributed by atoms with E-state index in [-0.39, 0.29) is 43.0 Å². The number of amides is 1. The van der Waals surface area contributed by atoms with E-state index in [1.807, 2.05) is 13.0 Å². The lowest BCUT2D eigenvalue weighted by atomic mass is 9.97. The fourth-order valence-corrected chi connectivity index (χ4v) is 4.73. The Hall–Kier alpha value is -4.45. The lowest BCUT2D eigenvalue weighted by molar-refractivity contribution is -0.130. The van der Waals surface area contributed by atoms with E-state index in [1.54, 1.807) is 35.0 Å². The molecule has 0 spiro atoms. The van der Waals surface area contributed by atoms with E-state index in [4.69, 9.17) is 20.9 Å². The normalized spacial score (nSPS) is 17.2. The Balaban J connectivity index is 1.36. The molecule has 1 amide bonds. The number of nitrogen functional groups attached to an aromatic ring is 1. The van der Waals surface area contributed by atoms with E-state index in [2.05, 4.69) is 20.4 Å². The van der Waals surface area contributed by atoms with Gasteiger partial charge in [0.25, 0.3) is 5.88 Å². The molecule has 0 fully saturated rings. The van der Waals surface area contributed by atoms with Crippen LogP contribution >= 0.6 is 0 Å². The van der Waals surface area contributed by atoms with Crippen LogP contribution in [-0.4, -0.2) is 63.4 Å². The van der Waals surface area contributed by atoms with Gasteiger partial charge in [-0.3, -0.25) is 9.48 Å². The SMILES string of the molecule is Cc1c(-c2cc3cc(Nc4cc5n(n4)CC(=O)N(C)CC5)ncc3c(N)c2F)cnc2c1OC[C@@H](N)CO2. The Kier molecular flexibility index (Phi) is 5.75. The van der Waals surface area contributed by atoms with E-state index in [1.165, 1.54) is 6.20 Å². The number of carbonyl (C=O) groups excluding carboxylic acids is 1. The second-order valence-electron chi connectivity index (χ2n) is 9.62. The molecule has 11 nitrogen and oxygen atoms in total. The average Bonchev–Trinajstić information content (AvgIpc) is 3.08. The molecular formula is C26H27FN8O3. The molecule has 38 heavy (non-hydrogen) atoms. The van der Waals surface area contributed by atoms with Crippen molar-refractivity contribution in [2.75, 3.05) is 37.9 Å². The number of anilines is 3. The fraction of sp³-hybridized carbons (Fsp3) is 0.308. The summed E-state index contributed by atoms with van der Waals surface area (Å²) in [7, 11) is 1.79. The fourth-order valence-electron chi connectivity index (χ4n) is 4.73. The standard InChI is InChI=1S/C26H27FN8O3/c1-13-18(8-31-26-25(13)37-11-15(28)12-38-26)17-5-14-6-20(30-9-19(14)24(29)23(17)27)32-21-7-16-3-4-34(2)22(36)10-35(16)33-21/h5-9,15H,3-4,10-12,28-29H2,1-2H3,(H,30,32,33)/t15-/m1/s1. The van der Waals surface area contributed by atoms with Gasteiger partial charge in [-0.25, -0.2) is 14.4 Å². The first-order valence-corrected chi connectivity index (χ1v) is 12.2. The Labute approximate surface area is 217 Å². The number of aromatic nitrogens is 4. The topological polar surface area (TPSA) is 146 Å². The number of carbonyl (C=O) groups is 1. The molecule has 0 saturated carbocycles. The monoisotopic (exact) mass is 518 g/mol. The summed E-state index contributed by atoms with van der Waals surface area (Å²) in [5.41, 5.74) is 14.6. The van der Waals surface area contributed by atoms with Crippen LogP contribution in [0, 0.1) is 12.7 Å². The first kappa shape index (κ1) is 23.9. The lowest BCUT2D eigenvalue weighted by Crippen LogP contribution is -2.32. The van der Waals surface area contributed by atoms with Gasteiger partial charge in [0.15, 0.2) is 17.4 Å². The molecular weight excluding hydrogens is 491 g/mol. The minimum absolute atomic E-state index is 0.00894. The minimum atomic E-state index is -0.566. The van der Waals surface area contributed by atoms with Crippen LogP contribution in [0.3, 0.4) is 0 Å². The number of ether oxygens (including phenoxy) is 2. The molecule has 0 bridgehead atoms. The van der Waals surface area contributed by atoms with Gasteiger partial charge in [-0.2, -0.15) is 5.10 Å². The highest BCUT2D eigenvalue weighted by molar-refractivity contribution is 5.98. The van der Waals surface area contributed by atoms with Gasteiger partial charge in [-0.05, 0) is 24.4 Å². The van der Waals surface area contributed by atoms with E-state index in [9.17, 15) is 4.79 Å². The molecule has 0 radical (unpaired) electrons. The van der Waals surface area contributed by atoms with Gasteiger partial charge < -0.3 is 31.2 Å². The Morgan fingerprint density at radius 2 is 1.92 bits per heavy atom. The van der Waals surface area contributed by atoms with Crippen LogP contribution in [0.5, 0.6) is 11.6 Å². The quantitative estimate of drug-likeness (QED) is 0.348. The molecule has 5 N–H and O–H groups in total. The van der Waals surface area contributed by atoms with Crippen molar-refractivity contribution in [2.45, 2.75) is 25.9 Å². The molecule has 1 atom stereocenters. The van der Waals surface area contributed by atoms with Crippen LogP contribution < -0.4 is 26.3 Å². The molecule has 0 aliphatic carbocycles. The van der Waals surface area contributed by atoms with Crippen molar-refractivity contribution in [3.63, 3.8) is 0 Å². The minimum Gasteiger partial charge on any atom is -0.486 e. The number of hydrogen-bond donors (Lipinski definition) is 3. The summed E-state index contributed by atoms with van der Waals surface area (Å²) in [6.07, 6.45) is 3.78. The predicted molar refractivity (Wildman–Crippen MR) is 140 cm³/mol. The largest absolute Gasteiger partial charge is 0.486 e. The van der Waals surface area contributed by atoms with Gasteiger partial charge in [0.05, 0.1) is 11.7 Å². The maximum Gasteiger partial charge on any atom is 0.257 e. The van der Waals surface area contributed by atoms with Gasteiger partial charge in [-0.15, -0.1) is 0 Å². The molecule has 3 aromatic heterocycles. The number of pyridine rings is 2. The number of rotatable bonds is 3. The number of nitrogens with two attached hydrogens (primary N) is 2. The first-order valence-electron chi connectivity index (χ1n) is 12.2. The Morgan fingerprint density at radius 1 is 1.11 bits per heavy atom. The first-order chi connectivity index (χ1) is 18.3. The summed E-state index contributed by atoms with van der Waals surface area (Å²) >= 11 is 0. The molecule has 0 saturated heterocycles. The number of fused-ring (bicyclic) bond motifs is 3. The third-order valence-electron chi connectivity index (χ3n) is 6.95.